The number of carbonyl (C=O) groups is 4. The summed E-state index contributed by atoms with van der Waals surface area (Å²) in [7, 11) is 0. The average Bonchev–Trinajstić information content (AvgIpc) is 3.10. The second-order valence-electron chi connectivity index (χ2n) is 12.0. The van der Waals surface area contributed by atoms with Gasteiger partial charge >= 0.3 is 75.3 Å². The second-order valence-corrected chi connectivity index (χ2v) is 12.0. The van der Waals surface area contributed by atoms with Crippen molar-refractivity contribution in [1.82, 2.24) is 0 Å². The minimum Gasteiger partial charge on any atom is -0.505 e. The maximum Gasteiger partial charge on any atom is 1.00 e. The maximum absolute atomic E-state index is 14.7. The number of benzene rings is 4. The molecule has 4 aromatic carbocycles. The number of phenolic OH excluding ortho intramolecular Hbond substituents is 2. The van der Waals surface area contributed by atoms with Crippen LogP contribution in [0.1, 0.15) is 22.6 Å². The minimum atomic E-state index is -1.34. The van der Waals surface area contributed by atoms with Crippen LogP contribution in [-0.4, -0.2) is 107 Å². The predicted octanol–water partition coefficient (Wildman–Crippen LogP) is 1.09. The van der Waals surface area contributed by atoms with Crippen molar-refractivity contribution in [1.29, 1.82) is 0 Å². The van der Waals surface area contributed by atoms with Crippen LogP contribution >= 0.6 is 0 Å². The number of ether oxygens (including phenoxy) is 4. The summed E-state index contributed by atoms with van der Waals surface area (Å²) in [6, 6.07) is 14.6. The Hall–Kier alpha value is -5.18. The van der Waals surface area contributed by atoms with Gasteiger partial charge in [-0.15, -0.1) is 0 Å². The Labute approximate surface area is 359 Å². The third kappa shape index (κ3) is 11.0. The Bertz CT molecular complexity index is 2010. The molecule has 0 spiro atoms. The van der Waals surface area contributed by atoms with Crippen LogP contribution in [0.5, 0.6) is 34.5 Å². The van der Waals surface area contributed by atoms with E-state index in [9.17, 15) is 58.6 Å². The topological polar surface area (TPSA) is 233 Å². The molecule has 0 aliphatic carbocycles. The van der Waals surface area contributed by atoms with Gasteiger partial charge in [0, 0.05) is 29.2 Å². The molecule has 19 heteroatoms. The summed E-state index contributed by atoms with van der Waals surface area (Å²) in [6.45, 7) is -2.94. The number of para-hydroxylation sites is 2. The number of carboxylic acid groups (broad SMARTS) is 4. The smallest absolute Gasteiger partial charge is 0.505 e. The van der Waals surface area contributed by atoms with Gasteiger partial charge in [-0.2, -0.15) is 0 Å². The Kier molecular flexibility index (Phi) is 15.2. The fraction of sp³-hybridized carbons (Fsp3) is 0.243. The van der Waals surface area contributed by atoms with Gasteiger partial charge in [0.15, 0.2) is 23.1 Å². The van der Waals surface area contributed by atoms with Gasteiger partial charge in [-0.1, -0.05) is 18.2 Å². The molecule has 0 unspecified atom stereocenters. The van der Waals surface area contributed by atoms with Crippen LogP contribution < -0.4 is 75.4 Å². The van der Waals surface area contributed by atoms with E-state index in [0.29, 0.717) is 5.56 Å². The summed E-state index contributed by atoms with van der Waals surface area (Å²) in [4.78, 5) is 48.2. The Balaban J connectivity index is 0.00000696. The van der Waals surface area contributed by atoms with E-state index in [1.54, 1.807) is 12.1 Å². The van der Waals surface area contributed by atoms with Crippen molar-refractivity contribution in [3.8, 4) is 34.5 Å². The molecule has 0 aromatic heterocycles. The van der Waals surface area contributed by atoms with Crippen LogP contribution in [0.15, 0.2) is 66.7 Å². The first kappa shape index (κ1) is 43.5. The van der Waals surface area contributed by atoms with Crippen LogP contribution in [0.25, 0.3) is 0 Å². The molecule has 0 amide bonds. The minimum absolute atomic E-state index is 0. The summed E-state index contributed by atoms with van der Waals surface area (Å²) in [5, 5.41) is 57.6. The average molecular weight is 808 g/mol. The molecule has 0 bridgehead atoms. The normalized spacial score (nSPS) is 11.6. The summed E-state index contributed by atoms with van der Waals surface area (Å²) >= 11 is 0. The van der Waals surface area contributed by atoms with E-state index in [1.165, 1.54) is 30.3 Å². The summed E-state index contributed by atoms with van der Waals surface area (Å²) in [6.07, 6.45) is 0. The zero-order valence-corrected chi connectivity index (χ0v) is 32.8. The monoisotopic (exact) mass is 807 g/mol. The standard InChI is InChI=1S/C37H34F2N2O14.K/c38-23-12-21-30(14-27(23)42)55-31-15-28(43)24(39)13-22(31)37(21)20-5-6-26(41(18-35(48)49)19-36(50)51)32(11-20)54-10-8-52-7-9-53-29-4-2-1-3-25(29)40(16-33(44)45)17-34(46)47;/h1-6,11-15,37,42-43H,7-10,16-19H2,(H,44,45)(H,46,47)(H,48,49)(H,50,51);/q;+1. The third-order valence-electron chi connectivity index (χ3n) is 8.14. The van der Waals surface area contributed by atoms with Gasteiger partial charge in [-0.05, 0) is 42.0 Å². The first-order valence-corrected chi connectivity index (χ1v) is 16.4. The van der Waals surface area contributed by atoms with E-state index in [0.717, 1.165) is 34.1 Å². The molecule has 1 heterocycles. The third-order valence-corrected chi connectivity index (χ3v) is 8.14. The number of rotatable bonds is 19. The van der Waals surface area contributed by atoms with Crippen molar-refractivity contribution in [3.63, 3.8) is 0 Å². The molecule has 0 radical (unpaired) electrons. The van der Waals surface area contributed by atoms with E-state index in [-0.39, 0.29) is 123 Å². The van der Waals surface area contributed by atoms with Crippen molar-refractivity contribution in [2.75, 3.05) is 62.4 Å². The van der Waals surface area contributed by atoms with E-state index in [1.807, 2.05) is 0 Å². The molecule has 1 aliphatic rings. The number of fused-ring (bicyclic) bond motifs is 2. The van der Waals surface area contributed by atoms with Crippen LogP contribution in [0, 0.1) is 11.6 Å². The van der Waals surface area contributed by atoms with Gasteiger partial charge in [0.2, 0.25) is 0 Å². The first-order chi connectivity index (χ1) is 26.2. The van der Waals surface area contributed by atoms with Crippen LogP contribution in [0.4, 0.5) is 20.2 Å². The Morgan fingerprint density at radius 1 is 0.607 bits per heavy atom. The van der Waals surface area contributed by atoms with Gasteiger partial charge in [0.25, 0.3) is 0 Å². The van der Waals surface area contributed by atoms with E-state index < -0.39 is 79.1 Å². The van der Waals surface area contributed by atoms with Crippen molar-refractivity contribution < 1.29 is 129 Å². The number of phenols is 2. The van der Waals surface area contributed by atoms with Crippen molar-refractivity contribution in [2.24, 2.45) is 0 Å². The quantitative estimate of drug-likeness (QED) is 0.0507. The number of aliphatic carboxylic acids is 4. The zero-order valence-electron chi connectivity index (χ0n) is 29.7. The Morgan fingerprint density at radius 3 is 1.54 bits per heavy atom. The first-order valence-electron chi connectivity index (χ1n) is 16.4. The number of hydrogen-bond donors (Lipinski definition) is 6. The number of anilines is 2. The molecule has 0 atom stereocenters. The number of carboxylic acids is 4. The molecule has 0 saturated heterocycles. The van der Waals surface area contributed by atoms with Gasteiger partial charge in [0.05, 0.1) is 24.6 Å². The van der Waals surface area contributed by atoms with Gasteiger partial charge in [-0.3, -0.25) is 19.2 Å². The number of hydrogen-bond acceptors (Lipinski definition) is 12. The van der Waals surface area contributed by atoms with Gasteiger partial charge in [-0.25, -0.2) is 8.78 Å². The molecule has 0 fully saturated rings. The number of aromatic hydroxyl groups is 2. The summed E-state index contributed by atoms with van der Waals surface area (Å²) < 4.78 is 52.5. The fourth-order valence-electron chi connectivity index (χ4n) is 5.95. The summed E-state index contributed by atoms with van der Waals surface area (Å²) in [5.41, 5.74) is 0.960. The zero-order chi connectivity index (χ0) is 39.8. The van der Waals surface area contributed by atoms with E-state index in [2.05, 4.69) is 0 Å². The van der Waals surface area contributed by atoms with Gasteiger partial charge in [0.1, 0.15) is 62.4 Å². The van der Waals surface area contributed by atoms with Gasteiger partial charge < -0.3 is 59.4 Å². The molecule has 0 saturated carbocycles. The van der Waals surface area contributed by atoms with Crippen LogP contribution in [0.3, 0.4) is 0 Å². The maximum atomic E-state index is 14.7. The van der Waals surface area contributed by atoms with Crippen molar-refractivity contribution >= 4 is 35.3 Å². The van der Waals surface area contributed by atoms with Crippen LogP contribution in [0.2, 0.25) is 0 Å². The molecule has 56 heavy (non-hydrogen) atoms. The molecule has 4 aromatic rings. The van der Waals surface area contributed by atoms with Crippen LogP contribution in [-0.2, 0) is 23.9 Å². The van der Waals surface area contributed by atoms with E-state index >= 15 is 0 Å². The molecular formula is C37H34F2KN2O14+. The SMILES string of the molecule is O=C(O)CN(CC(=O)O)c1ccccc1OCCOCCOc1cc(C2c3cc(F)c(O)cc3Oc3cc(O)c(F)cc32)ccc1N(CC(=O)O)CC(=O)O.[K+]. The molecular weight excluding hydrogens is 774 g/mol. The summed E-state index contributed by atoms with van der Waals surface area (Å²) in [5.74, 6) is -9.39. The molecule has 16 nitrogen and oxygen atoms in total. The fourth-order valence-corrected chi connectivity index (χ4v) is 5.95. The predicted molar refractivity (Wildman–Crippen MR) is 187 cm³/mol. The molecule has 290 valence electrons. The second kappa shape index (κ2) is 19.6. The molecule has 5 rings (SSSR count). The molecule has 6 N–H and O–H groups in total. The van der Waals surface area contributed by atoms with E-state index in [4.69, 9.17) is 18.9 Å². The Morgan fingerprint density at radius 2 is 1.05 bits per heavy atom. The molecule has 1 aliphatic heterocycles. The van der Waals surface area contributed by atoms with Crippen molar-refractivity contribution in [2.45, 2.75) is 5.92 Å². The number of halogens is 2. The number of nitrogens with zero attached hydrogens (tertiary/aromatic N) is 2. The van der Waals surface area contributed by atoms with Crippen molar-refractivity contribution in [3.05, 3.63) is 95.1 Å². The largest absolute Gasteiger partial charge is 1.00 e.